The fourth-order valence-corrected chi connectivity index (χ4v) is 3.37. The first kappa shape index (κ1) is 16.8. The number of oxazole rings is 1. The van der Waals surface area contributed by atoms with E-state index in [1.165, 1.54) is 37.9 Å². The Morgan fingerprint density at radius 1 is 1.19 bits per heavy atom. The summed E-state index contributed by atoms with van der Waals surface area (Å²) in [6.45, 7) is 5.65. The molecule has 0 bridgehead atoms. The summed E-state index contributed by atoms with van der Waals surface area (Å²) in [4.78, 5) is 19.0. The Labute approximate surface area is 153 Å². The van der Waals surface area contributed by atoms with Gasteiger partial charge >= 0.3 is 0 Å². The highest BCUT2D eigenvalue weighted by Crippen LogP contribution is 2.20. The number of carbonyl (C=O) groups is 1. The van der Waals surface area contributed by atoms with Gasteiger partial charge in [-0.2, -0.15) is 0 Å². The van der Waals surface area contributed by atoms with Crippen molar-refractivity contribution in [3.05, 3.63) is 60.0 Å². The normalized spacial score (nSPS) is 16.0. The second-order valence-corrected chi connectivity index (χ2v) is 7.14. The first-order valence-corrected chi connectivity index (χ1v) is 9.13. The highest BCUT2D eigenvalue weighted by atomic mass is 16.3. The Bertz CT molecular complexity index is 893. The quantitative estimate of drug-likeness (QED) is 0.762. The number of piperidine rings is 1. The van der Waals surface area contributed by atoms with E-state index in [9.17, 15) is 4.79 Å². The van der Waals surface area contributed by atoms with E-state index in [4.69, 9.17) is 4.42 Å². The van der Waals surface area contributed by atoms with E-state index < -0.39 is 0 Å². The van der Waals surface area contributed by atoms with Gasteiger partial charge in [0.1, 0.15) is 5.52 Å². The molecule has 1 N–H and O–H groups in total. The lowest BCUT2D eigenvalue weighted by molar-refractivity contribution is 0.102. The van der Waals surface area contributed by atoms with Crippen LogP contribution in [0.3, 0.4) is 0 Å². The van der Waals surface area contributed by atoms with E-state index in [0.29, 0.717) is 16.7 Å². The molecule has 5 nitrogen and oxygen atoms in total. The standard InChI is InChI=1S/C21H23N3O2/c1-15-8-10-24(11-9-15)13-16-2-5-18(6-3-16)23-21(25)17-4-7-20-19(12-17)22-14-26-20/h2-7,12,14-15H,8-11,13H2,1H3,(H,23,25). The fourth-order valence-electron chi connectivity index (χ4n) is 3.37. The van der Waals surface area contributed by atoms with Gasteiger partial charge in [0.15, 0.2) is 12.0 Å². The summed E-state index contributed by atoms with van der Waals surface area (Å²) in [5, 5.41) is 2.94. The summed E-state index contributed by atoms with van der Waals surface area (Å²) in [6.07, 6.45) is 3.95. The summed E-state index contributed by atoms with van der Waals surface area (Å²) in [5.74, 6) is 0.702. The Morgan fingerprint density at radius 3 is 2.73 bits per heavy atom. The maximum absolute atomic E-state index is 12.4. The van der Waals surface area contributed by atoms with Gasteiger partial charge in [-0.3, -0.25) is 9.69 Å². The average molecular weight is 349 g/mol. The van der Waals surface area contributed by atoms with Crippen molar-refractivity contribution in [1.82, 2.24) is 9.88 Å². The SMILES string of the molecule is CC1CCN(Cc2ccc(NC(=O)c3ccc4ocnc4c3)cc2)CC1. The molecule has 5 heteroatoms. The number of amides is 1. The fraction of sp³-hybridized carbons (Fsp3) is 0.333. The molecule has 1 fully saturated rings. The molecule has 0 spiro atoms. The first-order chi connectivity index (χ1) is 12.7. The van der Waals surface area contributed by atoms with Crippen LogP contribution in [0.1, 0.15) is 35.7 Å². The summed E-state index contributed by atoms with van der Waals surface area (Å²) < 4.78 is 5.21. The molecule has 2 aromatic carbocycles. The van der Waals surface area contributed by atoms with Crippen molar-refractivity contribution < 1.29 is 9.21 Å². The summed E-state index contributed by atoms with van der Waals surface area (Å²) in [5.41, 5.74) is 4.01. The monoisotopic (exact) mass is 349 g/mol. The summed E-state index contributed by atoms with van der Waals surface area (Å²) in [7, 11) is 0. The van der Waals surface area contributed by atoms with Gasteiger partial charge in [0.05, 0.1) is 0 Å². The minimum Gasteiger partial charge on any atom is -0.443 e. The van der Waals surface area contributed by atoms with Gasteiger partial charge in [-0.15, -0.1) is 0 Å². The van der Waals surface area contributed by atoms with Crippen molar-refractivity contribution in [2.45, 2.75) is 26.3 Å². The largest absolute Gasteiger partial charge is 0.443 e. The number of benzene rings is 2. The van der Waals surface area contributed by atoms with Gasteiger partial charge in [-0.25, -0.2) is 4.98 Å². The van der Waals surface area contributed by atoms with Gasteiger partial charge in [-0.1, -0.05) is 19.1 Å². The van der Waals surface area contributed by atoms with Crippen LogP contribution in [-0.4, -0.2) is 28.9 Å². The minimum atomic E-state index is -0.146. The molecule has 1 saturated heterocycles. The van der Waals surface area contributed by atoms with Crippen LogP contribution in [0.25, 0.3) is 11.1 Å². The molecule has 1 aliphatic heterocycles. The zero-order chi connectivity index (χ0) is 17.9. The zero-order valence-electron chi connectivity index (χ0n) is 14.9. The van der Waals surface area contributed by atoms with Crippen LogP contribution >= 0.6 is 0 Å². The summed E-state index contributed by atoms with van der Waals surface area (Å²) in [6, 6.07) is 13.4. The predicted octanol–water partition coefficient (Wildman–Crippen LogP) is 4.31. The van der Waals surface area contributed by atoms with E-state index in [2.05, 4.69) is 34.3 Å². The molecular formula is C21H23N3O2. The molecule has 1 aliphatic rings. The second-order valence-electron chi connectivity index (χ2n) is 7.14. The number of anilines is 1. The number of aromatic nitrogens is 1. The van der Waals surface area contributed by atoms with Crippen LogP contribution in [-0.2, 0) is 6.54 Å². The van der Waals surface area contributed by atoms with Gasteiger partial charge in [-0.05, 0) is 67.7 Å². The smallest absolute Gasteiger partial charge is 0.255 e. The van der Waals surface area contributed by atoms with Gasteiger partial charge in [0.2, 0.25) is 0 Å². The molecule has 4 rings (SSSR count). The van der Waals surface area contributed by atoms with Crippen molar-refractivity contribution in [1.29, 1.82) is 0 Å². The maximum atomic E-state index is 12.4. The van der Waals surface area contributed by atoms with E-state index in [-0.39, 0.29) is 5.91 Å². The van der Waals surface area contributed by atoms with E-state index in [1.54, 1.807) is 18.2 Å². The number of nitrogens with zero attached hydrogens (tertiary/aromatic N) is 2. The Morgan fingerprint density at radius 2 is 1.96 bits per heavy atom. The lowest BCUT2D eigenvalue weighted by Gasteiger charge is -2.30. The predicted molar refractivity (Wildman–Crippen MR) is 102 cm³/mol. The molecule has 0 saturated carbocycles. The molecule has 2 heterocycles. The first-order valence-electron chi connectivity index (χ1n) is 9.13. The van der Waals surface area contributed by atoms with Crippen LogP contribution in [0.2, 0.25) is 0 Å². The van der Waals surface area contributed by atoms with Crippen molar-refractivity contribution in [2.75, 3.05) is 18.4 Å². The van der Waals surface area contributed by atoms with Crippen LogP contribution in [0.4, 0.5) is 5.69 Å². The van der Waals surface area contributed by atoms with Crippen LogP contribution in [0.15, 0.2) is 53.3 Å². The third-order valence-corrected chi connectivity index (χ3v) is 5.09. The molecule has 1 amide bonds. The van der Waals surface area contributed by atoms with Gasteiger partial charge in [0.25, 0.3) is 5.91 Å². The Balaban J connectivity index is 1.38. The highest BCUT2D eigenvalue weighted by molar-refractivity contribution is 6.05. The molecule has 3 aromatic rings. The number of likely N-dealkylation sites (tertiary alicyclic amines) is 1. The molecule has 0 unspecified atom stereocenters. The molecule has 0 atom stereocenters. The van der Waals surface area contributed by atoms with E-state index in [0.717, 1.165) is 18.2 Å². The van der Waals surface area contributed by atoms with Crippen LogP contribution in [0.5, 0.6) is 0 Å². The van der Waals surface area contributed by atoms with Crippen molar-refractivity contribution >= 4 is 22.7 Å². The Hall–Kier alpha value is -2.66. The molecule has 134 valence electrons. The van der Waals surface area contributed by atoms with E-state index in [1.807, 2.05) is 12.1 Å². The van der Waals surface area contributed by atoms with Crippen LogP contribution in [0, 0.1) is 5.92 Å². The lowest BCUT2D eigenvalue weighted by Crippen LogP contribution is -2.32. The number of rotatable bonds is 4. The molecule has 26 heavy (non-hydrogen) atoms. The second kappa shape index (κ2) is 7.30. The number of hydrogen-bond acceptors (Lipinski definition) is 4. The number of carbonyl (C=O) groups excluding carboxylic acids is 1. The maximum Gasteiger partial charge on any atom is 0.255 e. The minimum absolute atomic E-state index is 0.146. The number of fused-ring (bicyclic) bond motifs is 1. The van der Waals surface area contributed by atoms with E-state index >= 15 is 0 Å². The lowest BCUT2D eigenvalue weighted by atomic mass is 9.99. The third-order valence-electron chi connectivity index (χ3n) is 5.09. The number of hydrogen-bond donors (Lipinski definition) is 1. The third kappa shape index (κ3) is 3.78. The van der Waals surface area contributed by atoms with Crippen molar-refractivity contribution in [3.8, 4) is 0 Å². The van der Waals surface area contributed by atoms with Gasteiger partial charge in [0, 0.05) is 17.8 Å². The topological polar surface area (TPSA) is 58.4 Å². The molecule has 0 radical (unpaired) electrons. The van der Waals surface area contributed by atoms with Crippen LogP contribution < -0.4 is 5.32 Å². The summed E-state index contributed by atoms with van der Waals surface area (Å²) >= 11 is 0. The van der Waals surface area contributed by atoms with Gasteiger partial charge < -0.3 is 9.73 Å². The average Bonchev–Trinajstić information content (AvgIpc) is 3.13. The van der Waals surface area contributed by atoms with Crippen molar-refractivity contribution in [2.24, 2.45) is 5.92 Å². The highest BCUT2D eigenvalue weighted by Gasteiger charge is 2.15. The number of nitrogens with one attached hydrogen (secondary N) is 1. The molecule has 1 aromatic heterocycles. The van der Waals surface area contributed by atoms with Crippen molar-refractivity contribution in [3.63, 3.8) is 0 Å². The zero-order valence-corrected chi connectivity index (χ0v) is 14.9. The Kier molecular flexibility index (Phi) is 4.71. The molecular weight excluding hydrogens is 326 g/mol. The molecule has 0 aliphatic carbocycles.